The molecule has 1 aliphatic heterocycles. The molecule has 1 saturated carbocycles. The first kappa shape index (κ1) is 19.9. The van der Waals surface area contributed by atoms with Crippen molar-refractivity contribution in [1.29, 1.82) is 0 Å². The molecular weight excluding hydrogens is 384 g/mol. The van der Waals surface area contributed by atoms with Gasteiger partial charge in [-0.1, -0.05) is 43.5 Å². The molecule has 4 N–H and O–H groups in total. The van der Waals surface area contributed by atoms with E-state index in [1.807, 2.05) is 16.9 Å². The molecule has 1 aromatic heterocycles. The number of carbonyl (C=O) groups is 3. The quantitative estimate of drug-likeness (QED) is 0.567. The van der Waals surface area contributed by atoms with Crippen molar-refractivity contribution in [2.75, 3.05) is 5.32 Å². The maximum Gasteiger partial charge on any atom is 0.322 e. The highest BCUT2D eigenvalue weighted by atomic mass is 16.2. The van der Waals surface area contributed by atoms with Gasteiger partial charge in [0.05, 0.1) is 6.04 Å². The highest BCUT2D eigenvalue weighted by Crippen LogP contribution is 2.28. The Morgan fingerprint density at radius 1 is 1.23 bits per heavy atom. The number of hydrogen-bond donors (Lipinski definition) is 4. The molecule has 1 atom stereocenters. The zero-order valence-corrected chi connectivity index (χ0v) is 16.9. The molecule has 0 spiro atoms. The number of nitrogens with zero attached hydrogens (tertiary/aromatic N) is 2. The van der Waals surface area contributed by atoms with Crippen molar-refractivity contribution in [3.8, 4) is 0 Å². The van der Waals surface area contributed by atoms with Crippen LogP contribution in [-0.4, -0.2) is 27.7 Å². The van der Waals surface area contributed by atoms with E-state index in [4.69, 9.17) is 0 Å². The van der Waals surface area contributed by atoms with E-state index in [1.54, 1.807) is 31.2 Å². The molecule has 1 unspecified atom stereocenters. The standard InChI is InChI=1S/C21H26N6O3/c1-21(18(28)24-20(30)25-21)15-7-5-6-14(12-15)13-22-19(29)23-17-10-11-27(26-17)16-8-3-2-4-9-16/h5-7,10-12,16H,2-4,8-9,13H2,1H3,(H2,22,23,26,29)(H2,24,25,28,30). The first-order valence-corrected chi connectivity index (χ1v) is 10.3. The number of benzene rings is 1. The van der Waals surface area contributed by atoms with Gasteiger partial charge in [0.15, 0.2) is 5.82 Å². The molecule has 2 aliphatic rings. The summed E-state index contributed by atoms with van der Waals surface area (Å²) in [7, 11) is 0. The predicted octanol–water partition coefficient (Wildman–Crippen LogP) is 2.76. The van der Waals surface area contributed by atoms with Crippen molar-refractivity contribution in [2.24, 2.45) is 0 Å². The van der Waals surface area contributed by atoms with Crippen LogP contribution in [0.3, 0.4) is 0 Å². The summed E-state index contributed by atoms with van der Waals surface area (Å²) in [5.41, 5.74) is 0.337. The van der Waals surface area contributed by atoms with Crippen molar-refractivity contribution < 1.29 is 14.4 Å². The van der Waals surface area contributed by atoms with Gasteiger partial charge in [0, 0.05) is 18.8 Å². The third-order valence-electron chi connectivity index (χ3n) is 5.80. The molecule has 9 nitrogen and oxygen atoms in total. The molecule has 2 heterocycles. The number of hydrogen-bond acceptors (Lipinski definition) is 4. The molecule has 0 bridgehead atoms. The molecule has 158 valence electrons. The minimum Gasteiger partial charge on any atom is -0.334 e. The predicted molar refractivity (Wildman–Crippen MR) is 111 cm³/mol. The third kappa shape index (κ3) is 4.14. The summed E-state index contributed by atoms with van der Waals surface area (Å²) in [6.45, 7) is 1.92. The maximum absolute atomic E-state index is 12.3. The number of rotatable bonds is 5. The van der Waals surface area contributed by atoms with Gasteiger partial charge in [-0.05, 0) is 30.9 Å². The van der Waals surface area contributed by atoms with E-state index in [0.717, 1.165) is 18.4 Å². The van der Waals surface area contributed by atoms with E-state index in [-0.39, 0.29) is 12.6 Å². The fraction of sp³-hybridized carbons (Fsp3) is 0.429. The van der Waals surface area contributed by atoms with Crippen LogP contribution in [0.2, 0.25) is 0 Å². The summed E-state index contributed by atoms with van der Waals surface area (Å²) >= 11 is 0. The average molecular weight is 410 g/mol. The SMILES string of the molecule is CC1(c2cccc(CNC(=O)Nc3ccn(C4CCCCC4)n3)c2)NC(=O)NC1=O. The number of urea groups is 2. The second-order valence-electron chi connectivity index (χ2n) is 8.01. The Morgan fingerprint density at radius 3 is 2.77 bits per heavy atom. The Labute approximate surface area is 174 Å². The van der Waals surface area contributed by atoms with Crippen molar-refractivity contribution >= 4 is 23.8 Å². The number of amides is 5. The van der Waals surface area contributed by atoms with E-state index in [2.05, 4.69) is 26.4 Å². The first-order chi connectivity index (χ1) is 14.4. The summed E-state index contributed by atoms with van der Waals surface area (Å²) in [6, 6.07) is 8.55. The second-order valence-corrected chi connectivity index (χ2v) is 8.01. The largest absolute Gasteiger partial charge is 0.334 e. The third-order valence-corrected chi connectivity index (χ3v) is 5.80. The normalized spacial score (nSPS) is 21.8. The Hall–Kier alpha value is -3.36. The van der Waals surface area contributed by atoms with Crippen molar-refractivity contribution in [3.05, 3.63) is 47.7 Å². The lowest BCUT2D eigenvalue weighted by Crippen LogP contribution is -2.40. The topological polar surface area (TPSA) is 117 Å². The summed E-state index contributed by atoms with van der Waals surface area (Å²) in [5.74, 6) is 0.119. The molecule has 2 aromatic rings. The number of imide groups is 1. The molecule has 1 aromatic carbocycles. The van der Waals surface area contributed by atoms with Crippen LogP contribution >= 0.6 is 0 Å². The fourth-order valence-electron chi connectivity index (χ4n) is 4.04. The molecule has 0 radical (unpaired) electrons. The summed E-state index contributed by atoms with van der Waals surface area (Å²) in [6.07, 6.45) is 7.88. The Bertz CT molecular complexity index is 965. The monoisotopic (exact) mass is 410 g/mol. The molecule has 9 heteroatoms. The number of aromatic nitrogens is 2. The minimum absolute atomic E-state index is 0.272. The Morgan fingerprint density at radius 2 is 2.03 bits per heavy atom. The lowest BCUT2D eigenvalue weighted by molar-refractivity contribution is -0.123. The molecule has 4 rings (SSSR count). The maximum atomic E-state index is 12.3. The summed E-state index contributed by atoms with van der Waals surface area (Å²) < 4.78 is 1.94. The van der Waals surface area contributed by atoms with E-state index < -0.39 is 17.5 Å². The van der Waals surface area contributed by atoms with E-state index in [9.17, 15) is 14.4 Å². The number of carbonyl (C=O) groups excluding carboxylic acids is 3. The fourth-order valence-corrected chi connectivity index (χ4v) is 4.04. The van der Waals surface area contributed by atoms with Gasteiger partial charge in [-0.3, -0.25) is 20.1 Å². The van der Waals surface area contributed by atoms with Crippen molar-refractivity contribution in [2.45, 2.75) is 57.2 Å². The van der Waals surface area contributed by atoms with E-state index in [1.165, 1.54) is 19.3 Å². The zero-order chi connectivity index (χ0) is 21.1. The minimum atomic E-state index is -1.12. The van der Waals surface area contributed by atoms with Gasteiger partial charge < -0.3 is 10.6 Å². The highest BCUT2D eigenvalue weighted by Gasteiger charge is 2.43. The molecule has 2 fully saturated rings. The molecule has 1 aliphatic carbocycles. The Balaban J connectivity index is 1.34. The van der Waals surface area contributed by atoms with Crippen molar-refractivity contribution in [3.63, 3.8) is 0 Å². The van der Waals surface area contributed by atoms with Crippen LogP contribution in [0.1, 0.15) is 56.2 Å². The van der Waals surface area contributed by atoms with Crippen LogP contribution in [0, 0.1) is 0 Å². The van der Waals surface area contributed by atoms with E-state index in [0.29, 0.717) is 17.4 Å². The highest BCUT2D eigenvalue weighted by molar-refractivity contribution is 6.07. The van der Waals surface area contributed by atoms with Gasteiger partial charge in [-0.15, -0.1) is 0 Å². The zero-order valence-electron chi connectivity index (χ0n) is 16.9. The van der Waals surface area contributed by atoms with Crippen molar-refractivity contribution in [1.82, 2.24) is 25.7 Å². The van der Waals surface area contributed by atoms with Gasteiger partial charge >= 0.3 is 12.1 Å². The van der Waals surface area contributed by atoms with Gasteiger partial charge in [0.25, 0.3) is 5.91 Å². The molecule has 5 amide bonds. The van der Waals surface area contributed by atoms with Crippen LogP contribution < -0.4 is 21.3 Å². The van der Waals surface area contributed by atoms with E-state index >= 15 is 0 Å². The van der Waals surface area contributed by atoms with Crippen LogP contribution in [0.25, 0.3) is 0 Å². The summed E-state index contributed by atoms with van der Waals surface area (Å²) in [4.78, 5) is 35.9. The van der Waals surface area contributed by atoms with Crippen LogP contribution in [0.15, 0.2) is 36.5 Å². The Kier molecular flexibility index (Phi) is 5.43. The molecule has 1 saturated heterocycles. The van der Waals surface area contributed by atoms with Gasteiger partial charge in [0.1, 0.15) is 5.54 Å². The lowest BCUT2D eigenvalue weighted by Gasteiger charge is -2.22. The van der Waals surface area contributed by atoms with Gasteiger partial charge in [-0.25, -0.2) is 9.59 Å². The van der Waals surface area contributed by atoms with Crippen LogP contribution in [-0.2, 0) is 16.9 Å². The van der Waals surface area contributed by atoms with Gasteiger partial charge in [0.2, 0.25) is 0 Å². The van der Waals surface area contributed by atoms with Crippen LogP contribution in [0.5, 0.6) is 0 Å². The lowest BCUT2D eigenvalue weighted by atomic mass is 9.91. The number of anilines is 1. The molecular formula is C21H26N6O3. The van der Waals surface area contributed by atoms with Gasteiger partial charge in [-0.2, -0.15) is 5.10 Å². The number of nitrogens with one attached hydrogen (secondary N) is 4. The first-order valence-electron chi connectivity index (χ1n) is 10.3. The summed E-state index contributed by atoms with van der Waals surface area (Å²) in [5, 5.41) is 14.9. The smallest absolute Gasteiger partial charge is 0.322 e. The average Bonchev–Trinajstić information content (AvgIpc) is 3.31. The molecule has 30 heavy (non-hydrogen) atoms. The second kappa shape index (κ2) is 8.17. The van der Waals surface area contributed by atoms with Crippen LogP contribution in [0.4, 0.5) is 15.4 Å².